The van der Waals surface area contributed by atoms with Gasteiger partial charge in [0.1, 0.15) is 12.6 Å². The molecule has 1 unspecified atom stereocenters. The summed E-state index contributed by atoms with van der Waals surface area (Å²) in [6.07, 6.45) is -0.736. The number of carboxylic acids is 1. The summed E-state index contributed by atoms with van der Waals surface area (Å²) in [4.78, 5) is 24.5. The first-order chi connectivity index (χ1) is 16.9. The van der Waals surface area contributed by atoms with Gasteiger partial charge >= 0.3 is 12.1 Å². The number of alkyl carbamates (subject to hydrolysis) is 1. The number of ether oxygens (including phenoxy) is 3. The van der Waals surface area contributed by atoms with Crippen molar-refractivity contribution in [1.29, 1.82) is 0 Å². The van der Waals surface area contributed by atoms with Crippen molar-refractivity contribution in [3.8, 4) is 22.6 Å². The van der Waals surface area contributed by atoms with Crippen molar-refractivity contribution in [1.82, 2.24) is 5.32 Å². The Hall–Kier alpha value is -4.00. The molecule has 1 amide bonds. The molecule has 0 saturated heterocycles. The fourth-order valence-electron chi connectivity index (χ4n) is 4.41. The number of hydrogen-bond donors (Lipinski definition) is 2. The first kappa shape index (κ1) is 24.1. The van der Waals surface area contributed by atoms with Gasteiger partial charge in [-0.1, -0.05) is 54.6 Å². The van der Waals surface area contributed by atoms with Crippen molar-refractivity contribution >= 4 is 12.1 Å². The number of methoxy groups -OCH3 is 1. The van der Waals surface area contributed by atoms with Crippen LogP contribution in [0.15, 0.2) is 66.7 Å². The highest BCUT2D eigenvalue weighted by Crippen LogP contribution is 2.44. The van der Waals surface area contributed by atoms with Crippen molar-refractivity contribution in [3.63, 3.8) is 0 Å². The molecule has 3 aromatic rings. The number of carbonyl (C=O) groups excluding carboxylic acids is 1. The van der Waals surface area contributed by atoms with Crippen molar-refractivity contribution in [2.75, 3.05) is 13.7 Å². The van der Waals surface area contributed by atoms with Crippen molar-refractivity contribution in [2.45, 2.75) is 38.3 Å². The lowest BCUT2D eigenvalue weighted by Crippen LogP contribution is -2.42. The SMILES string of the molecule is COc1cc(CC(NC(=O)OCC2c3ccccc3-c3ccccc32)C(=O)O)ccc1OC(C)C. The fourth-order valence-corrected chi connectivity index (χ4v) is 4.41. The normalized spacial score (nSPS) is 13.0. The third-order valence-corrected chi connectivity index (χ3v) is 5.96. The van der Waals surface area contributed by atoms with Crippen LogP contribution >= 0.6 is 0 Å². The number of aliphatic carboxylic acids is 1. The van der Waals surface area contributed by atoms with Gasteiger partial charge in [0.25, 0.3) is 0 Å². The van der Waals surface area contributed by atoms with Gasteiger partial charge in [0.2, 0.25) is 0 Å². The Labute approximate surface area is 204 Å². The summed E-state index contributed by atoms with van der Waals surface area (Å²) in [6, 6.07) is 20.1. The van der Waals surface area contributed by atoms with Gasteiger partial charge in [-0.05, 0) is 53.8 Å². The Balaban J connectivity index is 1.42. The van der Waals surface area contributed by atoms with Crippen molar-refractivity contribution < 1.29 is 28.9 Å². The first-order valence-corrected chi connectivity index (χ1v) is 11.5. The number of fused-ring (bicyclic) bond motifs is 3. The average Bonchev–Trinajstić information content (AvgIpc) is 3.16. The minimum absolute atomic E-state index is 0.0308. The second-order valence-corrected chi connectivity index (χ2v) is 8.72. The van der Waals surface area contributed by atoms with Crippen LogP contribution in [0.1, 0.15) is 36.5 Å². The highest BCUT2D eigenvalue weighted by atomic mass is 16.5. The molecule has 182 valence electrons. The van der Waals surface area contributed by atoms with Gasteiger partial charge in [-0.3, -0.25) is 0 Å². The largest absolute Gasteiger partial charge is 0.493 e. The molecular weight excluding hydrogens is 446 g/mol. The summed E-state index contributed by atoms with van der Waals surface area (Å²) in [5, 5.41) is 12.2. The smallest absolute Gasteiger partial charge is 0.407 e. The molecule has 0 saturated carbocycles. The molecule has 1 aliphatic carbocycles. The van der Waals surface area contributed by atoms with E-state index in [2.05, 4.69) is 17.4 Å². The van der Waals surface area contributed by atoms with Gasteiger partial charge in [-0.2, -0.15) is 0 Å². The highest BCUT2D eigenvalue weighted by molar-refractivity contribution is 5.81. The lowest BCUT2D eigenvalue weighted by atomic mass is 9.98. The minimum Gasteiger partial charge on any atom is -0.493 e. The van der Waals surface area contributed by atoms with E-state index >= 15 is 0 Å². The van der Waals surface area contributed by atoms with Gasteiger partial charge in [0.05, 0.1) is 13.2 Å². The van der Waals surface area contributed by atoms with E-state index in [0.29, 0.717) is 17.1 Å². The van der Waals surface area contributed by atoms with Crippen LogP contribution in [0.4, 0.5) is 4.79 Å². The maximum Gasteiger partial charge on any atom is 0.407 e. The zero-order chi connectivity index (χ0) is 24.9. The van der Waals surface area contributed by atoms with Crippen LogP contribution in [0.5, 0.6) is 11.5 Å². The number of benzene rings is 3. The van der Waals surface area contributed by atoms with E-state index in [1.165, 1.54) is 7.11 Å². The van der Waals surface area contributed by atoms with Crippen LogP contribution in [-0.2, 0) is 16.0 Å². The minimum atomic E-state index is -1.16. The molecule has 7 heteroatoms. The maximum atomic E-state index is 12.6. The summed E-state index contributed by atoms with van der Waals surface area (Å²) in [7, 11) is 1.52. The molecule has 3 aromatic carbocycles. The van der Waals surface area contributed by atoms with Crippen LogP contribution in [0.3, 0.4) is 0 Å². The van der Waals surface area contributed by atoms with Crippen LogP contribution in [-0.4, -0.2) is 43.0 Å². The zero-order valence-corrected chi connectivity index (χ0v) is 20.0. The second kappa shape index (κ2) is 10.5. The molecule has 0 bridgehead atoms. The molecule has 0 aromatic heterocycles. The number of carboxylic acid groups (broad SMARTS) is 1. The summed E-state index contributed by atoms with van der Waals surface area (Å²) < 4.78 is 16.6. The van der Waals surface area contributed by atoms with E-state index in [0.717, 1.165) is 22.3 Å². The molecule has 0 heterocycles. The standard InChI is InChI=1S/C28H29NO6/c1-17(2)35-25-13-12-18(15-26(25)33-3)14-24(27(30)31)29-28(32)34-16-23-21-10-6-4-8-19(21)20-9-5-7-11-22(20)23/h4-13,15,17,23-24H,14,16H2,1-3H3,(H,29,32)(H,30,31). The van der Waals surface area contributed by atoms with Crippen molar-refractivity contribution in [2.24, 2.45) is 0 Å². The predicted molar refractivity (Wildman–Crippen MR) is 132 cm³/mol. The van der Waals surface area contributed by atoms with Gasteiger partial charge in [-0.15, -0.1) is 0 Å². The zero-order valence-electron chi connectivity index (χ0n) is 20.0. The molecule has 7 nitrogen and oxygen atoms in total. The Morgan fingerprint density at radius 1 is 0.943 bits per heavy atom. The summed E-state index contributed by atoms with van der Waals surface area (Å²) in [5.41, 5.74) is 5.11. The Morgan fingerprint density at radius 3 is 2.14 bits per heavy atom. The molecule has 0 aliphatic heterocycles. The van der Waals surface area contributed by atoms with Gasteiger partial charge in [0, 0.05) is 12.3 Å². The fraction of sp³-hybridized carbons (Fsp3) is 0.286. The number of rotatable bonds is 9. The van der Waals surface area contributed by atoms with E-state index < -0.39 is 18.1 Å². The van der Waals surface area contributed by atoms with Crippen molar-refractivity contribution in [3.05, 3.63) is 83.4 Å². The molecular formula is C28H29NO6. The highest BCUT2D eigenvalue weighted by Gasteiger charge is 2.30. The molecule has 0 fully saturated rings. The number of carbonyl (C=O) groups is 2. The third-order valence-electron chi connectivity index (χ3n) is 5.96. The van der Waals surface area contributed by atoms with Gasteiger partial charge < -0.3 is 24.6 Å². The maximum absolute atomic E-state index is 12.6. The monoisotopic (exact) mass is 475 g/mol. The molecule has 4 rings (SSSR count). The number of nitrogens with one attached hydrogen (secondary N) is 1. The summed E-state index contributed by atoms with van der Waals surface area (Å²) in [6.45, 7) is 3.93. The summed E-state index contributed by atoms with van der Waals surface area (Å²) in [5.74, 6) is -0.182. The first-order valence-electron chi connectivity index (χ1n) is 11.5. The molecule has 35 heavy (non-hydrogen) atoms. The Morgan fingerprint density at radius 2 is 1.57 bits per heavy atom. The predicted octanol–water partition coefficient (Wildman–Crippen LogP) is 5.02. The molecule has 1 atom stereocenters. The topological polar surface area (TPSA) is 94.1 Å². The lowest BCUT2D eigenvalue weighted by molar-refractivity contribution is -0.139. The van der Waals surface area contributed by atoms with Crippen LogP contribution in [0.25, 0.3) is 11.1 Å². The molecule has 0 radical (unpaired) electrons. The molecule has 2 N–H and O–H groups in total. The van der Waals surface area contributed by atoms with E-state index in [4.69, 9.17) is 14.2 Å². The van der Waals surface area contributed by atoms with Crippen LogP contribution in [0, 0.1) is 0 Å². The third kappa shape index (κ3) is 5.40. The van der Waals surface area contributed by atoms with E-state index in [1.807, 2.05) is 50.2 Å². The molecule has 0 spiro atoms. The van der Waals surface area contributed by atoms with Crippen LogP contribution in [0.2, 0.25) is 0 Å². The Kier molecular flexibility index (Phi) is 7.25. The van der Waals surface area contributed by atoms with Crippen LogP contribution < -0.4 is 14.8 Å². The van der Waals surface area contributed by atoms with Gasteiger partial charge in [0.15, 0.2) is 11.5 Å². The number of amides is 1. The summed E-state index contributed by atoms with van der Waals surface area (Å²) >= 11 is 0. The van der Waals surface area contributed by atoms with Gasteiger partial charge in [-0.25, -0.2) is 9.59 Å². The van der Waals surface area contributed by atoms with E-state index in [9.17, 15) is 14.7 Å². The Bertz CT molecular complexity index is 1180. The number of hydrogen-bond acceptors (Lipinski definition) is 5. The average molecular weight is 476 g/mol. The molecule has 1 aliphatic rings. The quantitative estimate of drug-likeness (QED) is 0.452. The van der Waals surface area contributed by atoms with E-state index in [-0.39, 0.29) is 25.0 Å². The van der Waals surface area contributed by atoms with E-state index in [1.54, 1.807) is 18.2 Å². The second-order valence-electron chi connectivity index (χ2n) is 8.72. The lowest BCUT2D eigenvalue weighted by Gasteiger charge is -2.18.